The molecule has 1 aliphatic rings. The number of nitrogens with zero attached hydrogens (tertiary/aromatic N) is 3. The Bertz CT molecular complexity index is 458. The summed E-state index contributed by atoms with van der Waals surface area (Å²) in [4.78, 5) is 15.7. The van der Waals surface area contributed by atoms with Crippen molar-refractivity contribution in [1.29, 1.82) is 0 Å². The molecule has 2 heterocycles. The molecule has 0 aliphatic heterocycles. The number of aromatic amines is 1. The SMILES string of the molecule is c1nc2nc(NC3CCCC3)ncc2[nH]1. The number of imidazole rings is 1. The van der Waals surface area contributed by atoms with Gasteiger partial charge in [0, 0.05) is 6.04 Å². The van der Waals surface area contributed by atoms with Crippen molar-refractivity contribution in [2.75, 3.05) is 5.32 Å². The monoisotopic (exact) mass is 203 g/mol. The quantitative estimate of drug-likeness (QED) is 0.779. The first-order chi connectivity index (χ1) is 7.42. The van der Waals surface area contributed by atoms with Gasteiger partial charge < -0.3 is 10.3 Å². The fraction of sp³-hybridized carbons (Fsp3) is 0.500. The van der Waals surface area contributed by atoms with Gasteiger partial charge in [0.25, 0.3) is 0 Å². The van der Waals surface area contributed by atoms with Crippen LogP contribution in [0.2, 0.25) is 0 Å². The number of anilines is 1. The lowest BCUT2D eigenvalue weighted by Gasteiger charge is -2.10. The summed E-state index contributed by atoms with van der Waals surface area (Å²) in [5, 5.41) is 3.35. The predicted molar refractivity (Wildman–Crippen MR) is 57.6 cm³/mol. The van der Waals surface area contributed by atoms with E-state index in [2.05, 4.69) is 25.3 Å². The molecule has 5 heteroatoms. The summed E-state index contributed by atoms with van der Waals surface area (Å²) in [6.45, 7) is 0. The van der Waals surface area contributed by atoms with Crippen LogP contribution in [0.4, 0.5) is 5.95 Å². The Labute approximate surface area is 87.3 Å². The summed E-state index contributed by atoms with van der Waals surface area (Å²) in [5.74, 6) is 0.696. The first kappa shape index (κ1) is 8.64. The Kier molecular flexibility index (Phi) is 2.01. The molecule has 0 saturated heterocycles. The maximum atomic E-state index is 4.33. The first-order valence-corrected chi connectivity index (χ1v) is 5.34. The highest BCUT2D eigenvalue weighted by atomic mass is 15.1. The Morgan fingerprint density at radius 1 is 1.27 bits per heavy atom. The van der Waals surface area contributed by atoms with Gasteiger partial charge in [-0.25, -0.2) is 9.97 Å². The molecule has 78 valence electrons. The van der Waals surface area contributed by atoms with Gasteiger partial charge in [-0.05, 0) is 12.8 Å². The van der Waals surface area contributed by atoms with Crippen molar-refractivity contribution in [2.45, 2.75) is 31.7 Å². The fourth-order valence-corrected chi connectivity index (χ4v) is 2.06. The summed E-state index contributed by atoms with van der Waals surface area (Å²) in [6.07, 6.45) is 8.47. The van der Waals surface area contributed by atoms with E-state index >= 15 is 0 Å². The first-order valence-electron chi connectivity index (χ1n) is 5.34. The third kappa shape index (κ3) is 1.65. The van der Waals surface area contributed by atoms with Crippen molar-refractivity contribution >= 4 is 17.1 Å². The number of H-pyrrole nitrogens is 1. The number of rotatable bonds is 2. The highest BCUT2D eigenvalue weighted by Gasteiger charge is 2.15. The largest absolute Gasteiger partial charge is 0.351 e. The van der Waals surface area contributed by atoms with Crippen molar-refractivity contribution in [3.05, 3.63) is 12.5 Å². The molecule has 0 spiro atoms. The topological polar surface area (TPSA) is 66.5 Å². The van der Waals surface area contributed by atoms with E-state index < -0.39 is 0 Å². The number of nitrogens with one attached hydrogen (secondary N) is 2. The van der Waals surface area contributed by atoms with E-state index in [0.29, 0.717) is 12.0 Å². The van der Waals surface area contributed by atoms with Gasteiger partial charge in [-0.3, -0.25) is 0 Å². The lowest BCUT2D eigenvalue weighted by Crippen LogP contribution is -2.16. The second kappa shape index (κ2) is 3.49. The second-order valence-electron chi connectivity index (χ2n) is 3.96. The molecule has 0 radical (unpaired) electrons. The summed E-state index contributed by atoms with van der Waals surface area (Å²) < 4.78 is 0. The second-order valence-corrected chi connectivity index (χ2v) is 3.96. The minimum Gasteiger partial charge on any atom is -0.351 e. The van der Waals surface area contributed by atoms with Crippen LogP contribution in [0.25, 0.3) is 11.2 Å². The summed E-state index contributed by atoms with van der Waals surface area (Å²) in [6, 6.07) is 0.543. The van der Waals surface area contributed by atoms with Gasteiger partial charge in [0.05, 0.1) is 12.5 Å². The third-order valence-electron chi connectivity index (χ3n) is 2.86. The zero-order valence-corrected chi connectivity index (χ0v) is 8.40. The zero-order chi connectivity index (χ0) is 10.1. The Balaban J connectivity index is 1.84. The van der Waals surface area contributed by atoms with Crippen LogP contribution in [0.3, 0.4) is 0 Å². The van der Waals surface area contributed by atoms with Crippen molar-refractivity contribution in [1.82, 2.24) is 19.9 Å². The van der Waals surface area contributed by atoms with Gasteiger partial charge >= 0.3 is 0 Å². The maximum Gasteiger partial charge on any atom is 0.225 e. The Morgan fingerprint density at radius 2 is 2.13 bits per heavy atom. The average molecular weight is 203 g/mol. The minimum absolute atomic E-state index is 0.543. The lowest BCUT2D eigenvalue weighted by atomic mass is 10.2. The third-order valence-corrected chi connectivity index (χ3v) is 2.86. The fourth-order valence-electron chi connectivity index (χ4n) is 2.06. The highest BCUT2D eigenvalue weighted by Crippen LogP contribution is 2.20. The van der Waals surface area contributed by atoms with Crippen LogP contribution in [0.1, 0.15) is 25.7 Å². The van der Waals surface area contributed by atoms with Crippen LogP contribution in [0, 0.1) is 0 Å². The Morgan fingerprint density at radius 3 is 3.00 bits per heavy atom. The summed E-state index contributed by atoms with van der Waals surface area (Å²) in [7, 11) is 0. The minimum atomic E-state index is 0.543. The number of fused-ring (bicyclic) bond motifs is 1. The van der Waals surface area contributed by atoms with E-state index in [1.54, 1.807) is 12.5 Å². The lowest BCUT2D eigenvalue weighted by molar-refractivity contribution is 0.745. The molecule has 0 bridgehead atoms. The zero-order valence-electron chi connectivity index (χ0n) is 8.40. The molecule has 3 rings (SSSR count). The van der Waals surface area contributed by atoms with Crippen LogP contribution < -0.4 is 5.32 Å². The molecule has 15 heavy (non-hydrogen) atoms. The van der Waals surface area contributed by atoms with Crippen molar-refractivity contribution in [2.24, 2.45) is 0 Å². The van der Waals surface area contributed by atoms with Gasteiger partial charge in [-0.1, -0.05) is 12.8 Å². The molecule has 1 aliphatic carbocycles. The van der Waals surface area contributed by atoms with E-state index in [-0.39, 0.29) is 0 Å². The average Bonchev–Trinajstić information content (AvgIpc) is 2.87. The molecule has 0 unspecified atom stereocenters. The van der Waals surface area contributed by atoms with Crippen LogP contribution in [0.15, 0.2) is 12.5 Å². The van der Waals surface area contributed by atoms with Gasteiger partial charge in [0.2, 0.25) is 5.95 Å². The van der Waals surface area contributed by atoms with E-state index in [1.807, 2.05) is 0 Å². The molecule has 2 N–H and O–H groups in total. The van der Waals surface area contributed by atoms with Gasteiger partial charge in [-0.2, -0.15) is 4.98 Å². The highest BCUT2D eigenvalue weighted by molar-refractivity contribution is 5.69. The molecule has 1 fully saturated rings. The molecular formula is C10H13N5. The van der Waals surface area contributed by atoms with Crippen LogP contribution in [-0.2, 0) is 0 Å². The van der Waals surface area contributed by atoms with Crippen LogP contribution in [-0.4, -0.2) is 26.0 Å². The molecule has 0 atom stereocenters. The van der Waals surface area contributed by atoms with E-state index in [0.717, 1.165) is 11.2 Å². The van der Waals surface area contributed by atoms with Crippen molar-refractivity contribution < 1.29 is 0 Å². The number of hydrogen-bond acceptors (Lipinski definition) is 4. The summed E-state index contributed by atoms with van der Waals surface area (Å²) >= 11 is 0. The normalized spacial score (nSPS) is 17.3. The molecule has 0 amide bonds. The smallest absolute Gasteiger partial charge is 0.225 e. The van der Waals surface area contributed by atoms with E-state index in [9.17, 15) is 0 Å². The molecule has 0 aromatic carbocycles. The van der Waals surface area contributed by atoms with Crippen LogP contribution in [0.5, 0.6) is 0 Å². The maximum absolute atomic E-state index is 4.33. The Hall–Kier alpha value is -1.65. The summed E-state index contributed by atoms with van der Waals surface area (Å²) in [5.41, 5.74) is 1.61. The number of hydrogen-bond donors (Lipinski definition) is 2. The molecule has 5 nitrogen and oxygen atoms in total. The predicted octanol–water partition coefficient (Wildman–Crippen LogP) is 1.71. The molecule has 1 saturated carbocycles. The van der Waals surface area contributed by atoms with Crippen molar-refractivity contribution in [3.63, 3.8) is 0 Å². The van der Waals surface area contributed by atoms with Crippen molar-refractivity contribution in [3.8, 4) is 0 Å². The van der Waals surface area contributed by atoms with Gasteiger partial charge in [0.1, 0.15) is 5.52 Å². The van der Waals surface area contributed by atoms with E-state index in [1.165, 1.54) is 25.7 Å². The molecular weight excluding hydrogens is 190 g/mol. The standard InChI is InChI=1S/C10H13N5/c1-2-4-7(3-1)14-10-11-5-8-9(15-10)13-6-12-8/h5-7H,1-4H2,(H2,11,12,13,14,15). The molecule has 2 aromatic rings. The van der Waals surface area contributed by atoms with Gasteiger partial charge in [0.15, 0.2) is 5.65 Å². The van der Waals surface area contributed by atoms with Crippen LogP contribution >= 0.6 is 0 Å². The van der Waals surface area contributed by atoms with Gasteiger partial charge in [-0.15, -0.1) is 0 Å². The number of aromatic nitrogens is 4. The molecule has 2 aromatic heterocycles. The van der Waals surface area contributed by atoms with E-state index in [4.69, 9.17) is 0 Å².